The van der Waals surface area contributed by atoms with Crippen molar-refractivity contribution >= 4 is 17.5 Å². The third-order valence-corrected chi connectivity index (χ3v) is 2.95. The molecule has 0 aliphatic carbocycles. The van der Waals surface area contributed by atoms with Gasteiger partial charge in [0.05, 0.1) is 12.2 Å². The third kappa shape index (κ3) is 3.00. The second-order valence-electron chi connectivity index (χ2n) is 4.28. The van der Waals surface area contributed by atoms with Gasteiger partial charge in [0.2, 0.25) is 17.1 Å². The van der Waals surface area contributed by atoms with Gasteiger partial charge < -0.3 is 9.73 Å². The fraction of sp³-hybridized carbons (Fsp3) is 0.250. The highest BCUT2D eigenvalue weighted by Crippen LogP contribution is 2.12. The molecule has 0 spiro atoms. The maximum absolute atomic E-state index is 5.90. The van der Waals surface area contributed by atoms with Crippen LogP contribution >= 0.6 is 11.6 Å². The molecule has 0 atom stereocenters. The second-order valence-corrected chi connectivity index (χ2v) is 4.62. The van der Waals surface area contributed by atoms with Crippen LogP contribution in [0.5, 0.6) is 0 Å². The quantitative estimate of drug-likeness (QED) is 0.787. The van der Waals surface area contributed by atoms with Crippen LogP contribution in [-0.4, -0.2) is 29.7 Å². The van der Waals surface area contributed by atoms with Crippen molar-refractivity contribution in [1.29, 1.82) is 0 Å². The summed E-state index contributed by atoms with van der Waals surface area (Å²) in [6.45, 7) is 4.10. The van der Waals surface area contributed by atoms with Gasteiger partial charge in [-0.05, 0) is 31.5 Å². The number of hydrogen-bond donors (Lipinski definition) is 1. The van der Waals surface area contributed by atoms with Gasteiger partial charge in [0.1, 0.15) is 5.76 Å². The first kappa shape index (κ1) is 13.5. The molecule has 3 aromatic rings. The molecule has 108 valence electrons. The lowest BCUT2D eigenvalue weighted by molar-refractivity contribution is 0.477. The number of hydrogen-bond acceptors (Lipinski definition) is 7. The summed E-state index contributed by atoms with van der Waals surface area (Å²) >= 11 is 5.90. The summed E-state index contributed by atoms with van der Waals surface area (Å²) in [6.07, 6.45) is 3.35. The van der Waals surface area contributed by atoms with Crippen LogP contribution in [0.3, 0.4) is 0 Å². The predicted octanol–water partition coefficient (Wildman–Crippen LogP) is 1.93. The smallest absolute Gasteiger partial charge is 0.256 e. The van der Waals surface area contributed by atoms with Crippen molar-refractivity contribution < 1.29 is 4.42 Å². The Morgan fingerprint density at radius 1 is 1.24 bits per heavy atom. The number of halogens is 1. The summed E-state index contributed by atoms with van der Waals surface area (Å²) in [7, 11) is 0. The minimum absolute atomic E-state index is 0.0813. The largest absolute Gasteiger partial charge is 0.444 e. The number of rotatable bonds is 4. The van der Waals surface area contributed by atoms with Crippen LogP contribution in [0.2, 0.25) is 5.28 Å². The van der Waals surface area contributed by atoms with Gasteiger partial charge >= 0.3 is 0 Å². The van der Waals surface area contributed by atoms with Crippen LogP contribution in [-0.2, 0) is 6.54 Å². The van der Waals surface area contributed by atoms with Crippen molar-refractivity contribution in [3.63, 3.8) is 0 Å². The van der Waals surface area contributed by atoms with Crippen molar-refractivity contribution in [2.24, 2.45) is 0 Å². The van der Waals surface area contributed by atoms with E-state index in [1.165, 1.54) is 4.68 Å². The van der Waals surface area contributed by atoms with E-state index in [9.17, 15) is 0 Å². The molecule has 9 heteroatoms. The van der Waals surface area contributed by atoms with Crippen molar-refractivity contribution in [3.8, 4) is 5.95 Å². The number of aromatic nitrogens is 6. The van der Waals surface area contributed by atoms with Gasteiger partial charge in [0.15, 0.2) is 0 Å². The standard InChI is InChI=1S/C12H12ClN7O/c1-7-8(2)21-9(16-7)6-14-11-17-10(13)18-12(19-11)20-5-3-4-15-20/h3-5H,6H2,1-2H3,(H,14,17,18,19). The molecule has 0 aliphatic heterocycles. The average molecular weight is 306 g/mol. The van der Waals surface area contributed by atoms with E-state index >= 15 is 0 Å². The molecule has 0 aliphatic rings. The molecule has 0 aromatic carbocycles. The number of oxazole rings is 1. The lowest BCUT2D eigenvalue weighted by Crippen LogP contribution is -2.09. The maximum atomic E-state index is 5.90. The van der Waals surface area contributed by atoms with E-state index in [0.717, 1.165) is 11.5 Å². The lowest BCUT2D eigenvalue weighted by Gasteiger charge is -2.05. The normalized spacial score (nSPS) is 10.8. The van der Waals surface area contributed by atoms with Gasteiger partial charge in [0, 0.05) is 12.4 Å². The highest BCUT2D eigenvalue weighted by Gasteiger charge is 2.09. The van der Waals surface area contributed by atoms with E-state index in [0.29, 0.717) is 24.3 Å². The van der Waals surface area contributed by atoms with Gasteiger partial charge in [-0.3, -0.25) is 0 Å². The van der Waals surface area contributed by atoms with Crippen LogP contribution < -0.4 is 5.32 Å². The Morgan fingerprint density at radius 3 is 2.76 bits per heavy atom. The molecule has 0 radical (unpaired) electrons. The van der Waals surface area contributed by atoms with Crippen LogP contribution in [0.4, 0.5) is 5.95 Å². The van der Waals surface area contributed by atoms with Crippen molar-refractivity contribution in [1.82, 2.24) is 29.7 Å². The summed E-state index contributed by atoms with van der Waals surface area (Å²) < 4.78 is 6.97. The molecule has 0 fully saturated rings. The van der Waals surface area contributed by atoms with E-state index in [1.807, 2.05) is 13.8 Å². The molecule has 3 heterocycles. The number of nitrogens with zero attached hydrogens (tertiary/aromatic N) is 6. The van der Waals surface area contributed by atoms with E-state index in [1.54, 1.807) is 18.5 Å². The molecule has 21 heavy (non-hydrogen) atoms. The van der Waals surface area contributed by atoms with Gasteiger partial charge in [-0.15, -0.1) is 0 Å². The Hall–Kier alpha value is -2.48. The summed E-state index contributed by atoms with van der Waals surface area (Å²) in [4.78, 5) is 16.5. The first-order valence-corrected chi connectivity index (χ1v) is 6.58. The molecular weight excluding hydrogens is 294 g/mol. The predicted molar refractivity (Wildman–Crippen MR) is 75.3 cm³/mol. The Labute approximate surface area is 125 Å². The van der Waals surface area contributed by atoms with Gasteiger partial charge in [-0.1, -0.05) is 0 Å². The van der Waals surface area contributed by atoms with Crippen LogP contribution in [0, 0.1) is 13.8 Å². The molecule has 8 nitrogen and oxygen atoms in total. The minimum Gasteiger partial charge on any atom is -0.444 e. The zero-order valence-electron chi connectivity index (χ0n) is 11.4. The van der Waals surface area contributed by atoms with Crippen LogP contribution in [0.15, 0.2) is 22.9 Å². The first-order chi connectivity index (χ1) is 10.1. The highest BCUT2D eigenvalue weighted by atomic mass is 35.5. The fourth-order valence-electron chi connectivity index (χ4n) is 1.68. The lowest BCUT2D eigenvalue weighted by atomic mass is 10.4. The topological polar surface area (TPSA) is 94.6 Å². The Balaban J connectivity index is 1.79. The third-order valence-electron chi connectivity index (χ3n) is 2.78. The van der Waals surface area contributed by atoms with E-state index < -0.39 is 0 Å². The Kier molecular flexibility index (Phi) is 3.53. The van der Waals surface area contributed by atoms with Crippen molar-refractivity contribution in [3.05, 3.63) is 41.1 Å². The number of nitrogens with one attached hydrogen (secondary N) is 1. The summed E-state index contributed by atoms with van der Waals surface area (Å²) in [5.74, 6) is 2.01. The van der Waals surface area contributed by atoms with Gasteiger partial charge in [-0.25, -0.2) is 9.67 Å². The number of anilines is 1. The van der Waals surface area contributed by atoms with Crippen molar-refractivity contribution in [2.45, 2.75) is 20.4 Å². The molecule has 0 amide bonds. The molecule has 1 N–H and O–H groups in total. The molecule has 3 rings (SSSR count). The van der Waals surface area contributed by atoms with Gasteiger partial charge in [-0.2, -0.15) is 20.1 Å². The Bertz CT molecular complexity index is 734. The molecule has 0 saturated heterocycles. The van der Waals surface area contributed by atoms with E-state index in [2.05, 4.69) is 30.4 Å². The molecule has 0 unspecified atom stereocenters. The van der Waals surface area contributed by atoms with Crippen molar-refractivity contribution in [2.75, 3.05) is 5.32 Å². The second kappa shape index (κ2) is 5.49. The minimum atomic E-state index is 0.0813. The molecule has 3 aromatic heterocycles. The maximum Gasteiger partial charge on any atom is 0.256 e. The highest BCUT2D eigenvalue weighted by molar-refractivity contribution is 6.28. The molecule has 0 bridgehead atoms. The summed E-state index contributed by atoms with van der Waals surface area (Å²) in [5, 5.41) is 7.13. The fourth-order valence-corrected chi connectivity index (χ4v) is 1.83. The zero-order valence-corrected chi connectivity index (χ0v) is 12.2. The Morgan fingerprint density at radius 2 is 2.10 bits per heavy atom. The van der Waals surface area contributed by atoms with Gasteiger partial charge in [0.25, 0.3) is 5.95 Å². The summed E-state index contributed by atoms with van der Waals surface area (Å²) in [6, 6.07) is 1.77. The van der Waals surface area contributed by atoms with E-state index in [4.69, 9.17) is 16.0 Å². The first-order valence-electron chi connectivity index (χ1n) is 6.20. The average Bonchev–Trinajstić information content (AvgIpc) is 3.07. The zero-order chi connectivity index (χ0) is 14.8. The molecular formula is C12H12ClN7O. The van der Waals surface area contributed by atoms with Crippen LogP contribution in [0.25, 0.3) is 5.95 Å². The number of aryl methyl sites for hydroxylation is 2. The summed E-state index contributed by atoms with van der Waals surface area (Å²) in [5.41, 5.74) is 0.859. The SMILES string of the molecule is Cc1nc(CNc2nc(Cl)nc(-n3cccn3)n2)oc1C. The van der Waals surface area contributed by atoms with Crippen LogP contribution in [0.1, 0.15) is 17.3 Å². The van der Waals surface area contributed by atoms with E-state index in [-0.39, 0.29) is 5.28 Å². The monoisotopic (exact) mass is 305 g/mol. The molecule has 0 saturated carbocycles.